The van der Waals surface area contributed by atoms with Crippen LogP contribution in [-0.2, 0) is 4.74 Å². The summed E-state index contributed by atoms with van der Waals surface area (Å²) in [6, 6.07) is 2.95. The second-order valence-corrected chi connectivity index (χ2v) is 5.08. The number of hydrogen-bond acceptors (Lipinski definition) is 4. The summed E-state index contributed by atoms with van der Waals surface area (Å²) in [5.41, 5.74) is 6.87. The van der Waals surface area contributed by atoms with Crippen molar-refractivity contribution in [3.05, 3.63) is 17.9 Å². The van der Waals surface area contributed by atoms with Gasteiger partial charge in [-0.1, -0.05) is 0 Å². The third-order valence-corrected chi connectivity index (χ3v) is 3.07. The topological polar surface area (TPSA) is 47.7 Å². The van der Waals surface area contributed by atoms with E-state index in [1.165, 1.54) is 13.2 Å². The molecule has 0 saturated carbocycles. The van der Waals surface area contributed by atoms with Crippen LogP contribution < -0.4 is 15.4 Å². The number of ether oxygens (including phenoxy) is 2. The molecule has 1 heterocycles. The van der Waals surface area contributed by atoms with Gasteiger partial charge in [0.1, 0.15) is 0 Å². The van der Waals surface area contributed by atoms with Gasteiger partial charge in [-0.15, -0.1) is 0 Å². The van der Waals surface area contributed by atoms with E-state index >= 15 is 0 Å². The molecule has 0 amide bonds. The maximum absolute atomic E-state index is 13.5. The molecule has 1 aromatic rings. The molecule has 0 unspecified atom stereocenters. The minimum absolute atomic E-state index is 0.212. The lowest BCUT2D eigenvalue weighted by atomic mass is 10.1. The van der Waals surface area contributed by atoms with Crippen molar-refractivity contribution in [2.45, 2.75) is 19.4 Å². The van der Waals surface area contributed by atoms with Gasteiger partial charge >= 0.3 is 0 Å². The van der Waals surface area contributed by atoms with Crippen LogP contribution in [0, 0.1) is 5.82 Å². The summed E-state index contributed by atoms with van der Waals surface area (Å²) >= 11 is 0. The van der Waals surface area contributed by atoms with Crippen molar-refractivity contribution < 1.29 is 13.9 Å². The molecule has 1 fully saturated rings. The molecule has 1 aromatic carbocycles. The van der Waals surface area contributed by atoms with Gasteiger partial charge < -0.3 is 20.1 Å². The van der Waals surface area contributed by atoms with E-state index in [-0.39, 0.29) is 11.4 Å². The van der Waals surface area contributed by atoms with Crippen molar-refractivity contribution in [3.8, 4) is 5.75 Å². The Kier molecular flexibility index (Phi) is 3.34. The highest BCUT2D eigenvalue weighted by Gasteiger charge is 2.28. The Hall–Kier alpha value is -1.49. The third-order valence-electron chi connectivity index (χ3n) is 3.07. The van der Waals surface area contributed by atoms with Gasteiger partial charge in [0.25, 0.3) is 0 Å². The molecule has 2 rings (SSSR count). The number of halogens is 1. The molecule has 0 atom stereocenters. The molecule has 1 aliphatic rings. The molecule has 1 saturated heterocycles. The number of nitrogens with zero attached hydrogens (tertiary/aromatic N) is 1. The minimum atomic E-state index is -0.439. The molecule has 2 N–H and O–H groups in total. The number of anilines is 2. The summed E-state index contributed by atoms with van der Waals surface area (Å²) in [7, 11) is 1.45. The highest BCUT2D eigenvalue weighted by molar-refractivity contribution is 5.70. The van der Waals surface area contributed by atoms with E-state index in [9.17, 15) is 4.39 Å². The highest BCUT2D eigenvalue weighted by atomic mass is 19.1. The number of benzene rings is 1. The molecule has 18 heavy (non-hydrogen) atoms. The van der Waals surface area contributed by atoms with Gasteiger partial charge in [0, 0.05) is 25.2 Å². The predicted octanol–water partition coefficient (Wildman–Crippen LogP) is 2.03. The Labute approximate surface area is 106 Å². The normalized spacial score (nSPS) is 18.8. The largest absolute Gasteiger partial charge is 0.494 e. The molecule has 0 bridgehead atoms. The lowest BCUT2D eigenvalue weighted by Gasteiger charge is -2.40. The Bertz CT molecular complexity index is 449. The maximum atomic E-state index is 13.5. The molecule has 0 aliphatic carbocycles. The van der Waals surface area contributed by atoms with Crippen molar-refractivity contribution in [2.75, 3.05) is 37.4 Å². The van der Waals surface area contributed by atoms with Crippen LogP contribution >= 0.6 is 0 Å². The van der Waals surface area contributed by atoms with Crippen LogP contribution in [0.25, 0.3) is 0 Å². The monoisotopic (exact) mass is 254 g/mol. The zero-order chi connectivity index (χ0) is 13.3. The summed E-state index contributed by atoms with van der Waals surface area (Å²) in [6.07, 6.45) is 0. The molecule has 0 aromatic heterocycles. The van der Waals surface area contributed by atoms with E-state index in [0.717, 1.165) is 12.2 Å². The van der Waals surface area contributed by atoms with Gasteiger partial charge in [-0.3, -0.25) is 0 Å². The molecule has 1 aliphatic heterocycles. The first-order chi connectivity index (χ1) is 8.43. The van der Waals surface area contributed by atoms with Crippen molar-refractivity contribution in [1.82, 2.24) is 0 Å². The molecular weight excluding hydrogens is 235 g/mol. The van der Waals surface area contributed by atoms with E-state index in [1.54, 1.807) is 6.07 Å². The zero-order valence-electron chi connectivity index (χ0n) is 11.0. The summed E-state index contributed by atoms with van der Waals surface area (Å²) in [6.45, 7) is 6.13. The van der Waals surface area contributed by atoms with Gasteiger partial charge in [-0.05, 0) is 13.8 Å². The number of morpholine rings is 1. The molecule has 0 spiro atoms. The maximum Gasteiger partial charge on any atom is 0.167 e. The van der Waals surface area contributed by atoms with Gasteiger partial charge in [0.05, 0.1) is 30.7 Å². The highest BCUT2D eigenvalue weighted by Crippen LogP contribution is 2.33. The second kappa shape index (κ2) is 4.65. The number of rotatable bonds is 2. The van der Waals surface area contributed by atoms with Gasteiger partial charge in [0.15, 0.2) is 11.6 Å². The van der Waals surface area contributed by atoms with E-state index < -0.39 is 5.82 Å². The molecule has 0 radical (unpaired) electrons. The first-order valence-corrected chi connectivity index (χ1v) is 5.95. The van der Waals surface area contributed by atoms with Crippen LogP contribution in [0.4, 0.5) is 15.8 Å². The van der Waals surface area contributed by atoms with Crippen molar-refractivity contribution in [1.29, 1.82) is 0 Å². The number of methoxy groups -OCH3 is 1. The summed E-state index contributed by atoms with van der Waals surface area (Å²) in [5, 5.41) is 0. The third kappa shape index (κ3) is 2.51. The van der Waals surface area contributed by atoms with Gasteiger partial charge in [-0.2, -0.15) is 0 Å². The lowest BCUT2D eigenvalue weighted by molar-refractivity contribution is -0.0276. The summed E-state index contributed by atoms with van der Waals surface area (Å²) in [5.74, 6) is -0.227. The first-order valence-electron chi connectivity index (χ1n) is 5.95. The van der Waals surface area contributed by atoms with Crippen LogP contribution in [0.1, 0.15) is 13.8 Å². The molecule has 5 heteroatoms. The van der Waals surface area contributed by atoms with Crippen LogP contribution in [0.5, 0.6) is 5.75 Å². The smallest absolute Gasteiger partial charge is 0.167 e. The zero-order valence-corrected chi connectivity index (χ0v) is 11.0. The van der Waals surface area contributed by atoms with Crippen molar-refractivity contribution in [2.24, 2.45) is 0 Å². The second-order valence-electron chi connectivity index (χ2n) is 5.08. The predicted molar refractivity (Wildman–Crippen MR) is 69.6 cm³/mol. The standard InChI is InChI=1S/C13H19FN2O2/c1-13(2)8-16(4-5-18-13)11-7-12(17-3)9(14)6-10(11)15/h6-7H,4-5,8,15H2,1-3H3. The van der Waals surface area contributed by atoms with Crippen LogP contribution in [-0.4, -0.2) is 32.4 Å². The SMILES string of the molecule is COc1cc(N2CCOC(C)(C)C2)c(N)cc1F. The Morgan fingerprint density at radius 2 is 2.17 bits per heavy atom. The van der Waals surface area contributed by atoms with Crippen LogP contribution in [0.15, 0.2) is 12.1 Å². The van der Waals surface area contributed by atoms with Gasteiger partial charge in [-0.25, -0.2) is 4.39 Å². The fourth-order valence-corrected chi connectivity index (χ4v) is 2.21. The van der Waals surface area contributed by atoms with E-state index in [1.807, 2.05) is 13.8 Å². The Balaban J connectivity index is 2.32. The van der Waals surface area contributed by atoms with E-state index in [4.69, 9.17) is 15.2 Å². The fourth-order valence-electron chi connectivity index (χ4n) is 2.21. The number of hydrogen-bond donors (Lipinski definition) is 1. The molecular formula is C13H19FN2O2. The Morgan fingerprint density at radius 1 is 1.44 bits per heavy atom. The quantitative estimate of drug-likeness (QED) is 0.820. The summed E-state index contributed by atoms with van der Waals surface area (Å²) in [4.78, 5) is 2.10. The minimum Gasteiger partial charge on any atom is -0.494 e. The molecule has 4 nitrogen and oxygen atoms in total. The number of nitrogen functional groups attached to an aromatic ring is 1. The fraction of sp³-hybridized carbons (Fsp3) is 0.538. The van der Waals surface area contributed by atoms with Crippen molar-refractivity contribution >= 4 is 11.4 Å². The van der Waals surface area contributed by atoms with Gasteiger partial charge in [0.2, 0.25) is 0 Å². The lowest BCUT2D eigenvalue weighted by Crippen LogP contribution is -2.48. The first kappa shape index (κ1) is 13.0. The van der Waals surface area contributed by atoms with E-state index in [2.05, 4.69) is 4.90 Å². The molecule has 100 valence electrons. The van der Waals surface area contributed by atoms with Crippen LogP contribution in [0.2, 0.25) is 0 Å². The average Bonchev–Trinajstić information content (AvgIpc) is 2.27. The van der Waals surface area contributed by atoms with Crippen LogP contribution in [0.3, 0.4) is 0 Å². The Morgan fingerprint density at radius 3 is 2.78 bits per heavy atom. The average molecular weight is 254 g/mol. The van der Waals surface area contributed by atoms with Crippen molar-refractivity contribution in [3.63, 3.8) is 0 Å². The van der Waals surface area contributed by atoms with E-state index in [0.29, 0.717) is 18.8 Å². The summed E-state index contributed by atoms with van der Waals surface area (Å²) < 4.78 is 24.1. The number of nitrogens with two attached hydrogens (primary N) is 1.